The van der Waals surface area contributed by atoms with Crippen molar-refractivity contribution in [1.82, 2.24) is 4.90 Å². The van der Waals surface area contributed by atoms with Crippen molar-refractivity contribution in [3.63, 3.8) is 0 Å². The fourth-order valence-corrected chi connectivity index (χ4v) is 3.22. The average molecular weight is 289 g/mol. The Morgan fingerprint density at radius 3 is 2.48 bits per heavy atom. The summed E-state index contributed by atoms with van der Waals surface area (Å²) < 4.78 is 19.5. The molecule has 0 N–H and O–H groups in total. The lowest BCUT2D eigenvalue weighted by Gasteiger charge is -2.35. The zero-order chi connectivity index (χ0) is 15.6. The van der Waals surface area contributed by atoms with E-state index in [0.717, 1.165) is 18.5 Å². The minimum Gasteiger partial charge on any atom is -0.497 e. The summed E-state index contributed by atoms with van der Waals surface area (Å²) in [6.45, 7) is 9.44. The summed E-state index contributed by atoms with van der Waals surface area (Å²) in [7, 11) is 1.56. The first-order valence-corrected chi connectivity index (χ1v) is 7.52. The highest BCUT2D eigenvalue weighted by Crippen LogP contribution is 2.39. The fraction of sp³-hybridized carbons (Fsp3) is 0.444. The van der Waals surface area contributed by atoms with E-state index in [-0.39, 0.29) is 11.7 Å². The Kier molecular flexibility index (Phi) is 4.71. The molecule has 0 spiro atoms. The SMILES string of the molecule is CCC1=C(C)N(CC)C(C)=CC1c1ccc(OC)cc1F. The van der Waals surface area contributed by atoms with Gasteiger partial charge in [0.25, 0.3) is 0 Å². The third-order valence-corrected chi connectivity index (χ3v) is 4.32. The molecular weight excluding hydrogens is 265 g/mol. The fourth-order valence-electron chi connectivity index (χ4n) is 3.22. The minimum absolute atomic E-state index is 0.0173. The van der Waals surface area contributed by atoms with E-state index in [9.17, 15) is 4.39 Å². The van der Waals surface area contributed by atoms with E-state index in [1.165, 1.54) is 23.0 Å². The molecule has 1 atom stereocenters. The molecule has 21 heavy (non-hydrogen) atoms. The molecule has 0 aromatic heterocycles. The molecule has 114 valence electrons. The van der Waals surface area contributed by atoms with E-state index >= 15 is 0 Å². The molecule has 0 saturated heterocycles. The van der Waals surface area contributed by atoms with Gasteiger partial charge in [-0.15, -0.1) is 0 Å². The molecule has 1 aromatic carbocycles. The van der Waals surface area contributed by atoms with Crippen LogP contribution >= 0.6 is 0 Å². The van der Waals surface area contributed by atoms with Crippen molar-refractivity contribution in [2.75, 3.05) is 13.7 Å². The maximum Gasteiger partial charge on any atom is 0.131 e. The minimum atomic E-state index is -0.202. The van der Waals surface area contributed by atoms with Gasteiger partial charge in [-0.2, -0.15) is 0 Å². The summed E-state index contributed by atoms with van der Waals surface area (Å²) in [5.74, 6) is 0.373. The van der Waals surface area contributed by atoms with Crippen LogP contribution in [0.2, 0.25) is 0 Å². The Morgan fingerprint density at radius 1 is 1.24 bits per heavy atom. The van der Waals surface area contributed by atoms with Crippen LogP contribution in [0.5, 0.6) is 5.75 Å². The van der Waals surface area contributed by atoms with E-state index in [1.54, 1.807) is 7.11 Å². The number of rotatable bonds is 4. The first kappa shape index (κ1) is 15.6. The maximum atomic E-state index is 14.4. The highest BCUT2D eigenvalue weighted by atomic mass is 19.1. The summed E-state index contributed by atoms with van der Waals surface area (Å²) in [4.78, 5) is 2.29. The molecule has 0 aliphatic carbocycles. The monoisotopic (exact) mass is 289 g/mol. The topological polar surface area (TPSA) is 12.5 Å². The van der Waals surface area contributed by atoms with E-state index < -0.39 is 0 Å². The molecular formula is C18H24FNO. The molecule has 1 aliphatic rings. The molecule has 0 bridgehead atoms. The van der Waals surface area contributed by atoms with Crippen LogP contribution in [0.4, 0.5) is 4.39 Å². The molecule has 0 amide bonds. The average Bonchev–Trinajstić information content (AvgIpc) is 2.47. The first-order valence-electron chi connectivity index (χ1n) is 7.52. The Balaban J connectivity index is 2.50. The van der Waals surface area contributed by atoms with Gasteiger partial charge in [-0.05, 0) is 44.4 Å². The third kappa shape index (κ3) is 2.82. The van der Waals surface area contributed by atoms with Crippen LogP contribution in [-0.4, -0.2) is 18.6 Å². The second kappa shape index (κ2) is 6.33. The van der Waals surface area contributed by atoms with Gasteiger partial charge in [0.1, 0.15) is 11.6 Å². The van der Waals surface area contributed by atoms with E-state index in [1.807, 2.05) is 12.1 Å². The second-order valence-corrected chi connectivity index (χ2v) is 5.38. The molecule has 1 unspecified atom stereocenters. The van der Waals surface area contributed by atoms with Gasteiger partial charge in [-0.3, -0.25) is 0 Å². The quantitative estimate of drug-likeness (QED) is 0.786. The van der Waals surface area contributed by atoms with Crippen molar-refractivity contribution < 1.29 is 9.13 Å². The van der Waals surface area contributed by atoms with Gasteiger partial charge in [0, 0.05) is 29.9 Å². The predicted octanol–water partition coefficient (Wildman–Crippen LogP) is 4.84. The van der Waals surface area contributed by atoms with Gasteiger partial charge < -0.3 is 9.64 Å². The Morgan fingerprint density at radius 2 is 1.95 bits per heavy atom. The molecule has 1 aliphatic heterocycles. The maximum absolute atomic E-state index is 14.4. The van der Waals surface area contributed by atoms with Crippen LogP contribution in [0.3, 0.4) is 0 Å². The van der Waals surface area contributed by atoms with E-state index in [2.05, 4.69) is 38.7 Å². The number of halogens is 1. The summed E-state index contributed by atoms with van der Waals surface area (Å²) in [6, 6.07) is 5.14. The normalized spacial score (nSPS) is 18.9. The number of methoxy groups -OCH3 is 1. The van der Waals surface area contributed by atoms with Crippen LogP contribution < -0.4 is 4.74 Å². The van der Waals surface area contributed by atoms with Crippen LogP contribution in [-0.2, 0) is 0 Å². The second-order valence-electron chi connectivity index (χ2n) is 5.38. The van der Waals surface area contributed by atoms with Crippen molar-refractivity contribution >= 4 is 0 Å². The highest BCUT2D eigenvalue weighted by Gasteiger charge is 2.26. The van der Waals surface area contributed by atoms with E-state index in [0.29, 0.717) is 5.75 Å². The molecule has 1 aromatic rings. The zero-order valence-electron chi connectivity index (χ0n) is 13.5. The van der Waals surface area contributed by atoms with Gasteiger partial charge in [0.05, 0.1) is 7.11 Å². The summed E-state index contributed by atoms with van der Waals surface area (Å²) >= 11 is 0. The largest absolute Gasteiger partial charge is 0.497 e. The van der Waals surface area contributed by atoms with Crippen LogP contribution in [0.15, 0.2) is 41.2 Å². The van der Waals surface area contributed by atoms with Crippen LogP contribution in [0.25, 0.3) is 0 Å². The molecule has 0 saturated carbocycles. The lowest BCUT2D eigenvalue weighted by molar-refractivity contribution is 0.409. The number of benzene rings is 1. The third-order valence-electron chi connectivity index (χ3n) is 4.32. The van der Waals surface area contributed by atoms with Crippen molar-refractivity contribution in [1.29, 1.82) is 0 Å². The molecule has 1 heterocycles. The highest BCUT2D eigenvalue weighted by molar-refractivity contribution is 5.43. The van der Waals surface area contributed by atoms with Gasteiger partial charge >= 0.3 is 0 Å². The Bertz CT molecular complexity index is 589. The van der Waals surface area contributed by atoms with Crippen molar-refractivity contribution in [3.8, 4) is 5.75 Å². The lowest BCUT2D eigenvalue weighted by Crippen LogP contribution is -2.26. The molecule has 2 rings (SSSR count). The zero-order valence-corrected chi connectivity index (χ0v) is 13.5. The Hall–Kier alpha value is -1.77. The molecule has 2 nitrogen and oxygen atoms in total. The smallest absolute Gasteiger partial charge is 0.131 e. The molecule has 0 fully saturated rings. The van der Waals surface area contributed by atoms with Crippen molar-refractivity contribution in [2.45, 2.75) is 40.0 Å². The number of hydrogen-bond donors (Lipinski definition) is 0. The number of allylic oxidation sites excluding steroid dienone is 4. The predicted molar refractivity (Wildman–Crippen MR) is 84.8 cm³/mol. The van der Waals surface area contributed by atoms with Gasteiger partial charge in [-0.25, -0.2) is 4.39 Å². The first-order chi connectivity index (χ1) is 10.0. The number of hydrogen-bond acceptors (Lipinski definition) is 2. The van der Waals surface area contributed by atoms with E-state index in [4.69, 9.17) is 4.74 Å². The standard InChI is InChI=1S/C18H24FNO/c1-6-15-13(4)20(7-2)12(3)10-17(15)16-9-8-14(21-5)11-18(16)19/h8-11,17H,6-7H2,1-5H3. The molecule has 3 heteroatoms. The van der Waals surface area contributed by atoms with Crippen LogP contribution in [0.1, 0.15) is 45.6 Å². The van der Waals surface area contributed by atoms with Crippen LogP contribution in [0, 0.1) is 5.82 Å². The van der Waals surface area contributed by atoms with Gasteiger partial charge in [0.15, 0.2) is 0 Å². The van der Waals surface area contributed by atoms with Gasteiger partial charge in [-0.1, -0.05) is 19.1 Å². The lowest BCUT2D eigenvalue weighted by atomic mass is 9.84. The summed E-state index contributed by atoms with van der Waals surface area (Å²) in [6.07, 6.45) is 3.09. The molecule has 0 radical (unpaired) electrons. The van der Waals surface area contributed by atoms with Crippen molar-refractivity contribution in [3.05, 3.63) is 52.6 Å². The summed E-state index contributed by atoms with van der Waals surface area (Å²) in [5, 5.41) is 0. The Labute approximate surface area is 126 Å². The summed E-state index contributed by atoms with van der Waals surface area (Å²) in [5.41, 5.74) is 4.45. The van der Waals surface area contributed by atoms with Gasteiger partial charge in [0.2, 0.25) is 0 Å². The van der Waals surface area contributed by atoms with Crippen molar-refractivity contribution in [2.24, 2.45) is 0 Å². The number of nitrogens with zero attached hydrogens (tertiary/aromatic N) is 1. The number of ether oxygens (including phenoxy) is 1.